The van der Waals surface area contributed by atoms with Gasteiger partial charge in [-0.1, -0.05) is 30.3 Å². The second-order valence-corrected chi connectivity index (χ2v) is 12.7. The molecule has 11 heteroatoms. The molecule has 1 aliphatic rings. The Morgan fingerprint density at radius 3 is 2.38 bits per heavy atom. The summed E-state index contributed by atoms with van der Waals surface area (Å²) in [6, 6.07) is 15.9. The zero-order valence-corrected chi connectivity index (χ0v) is 23.5. The molecule has 0 aliphatic carbocycles. The maximum Gasteiger partial charge on any atom is 0.405 e. The van der Waals surface area contributed by atoms with Crippen LogP contribution in [0.4, 0.5) is 13.2 Å². The number of nitrogens with zero attached hydrogens (tertiary/aromatic N) is 2. The number of hydrogen-bond donors (Lipinski definition) is 2. The number of aliphatic hydroxyl groups is 1. The van der Waals surface area contributed by atoms with Crippen molar-refractivity contribution in [2.24, 2.45) is 0 Å². The second-order valence-electron chi connectivity index (χ2n) is 10.5. The fraction of sp³-hybridized carbons (Fsp3) is 0.379. The van der Waals surface area contributed by atoms with Crippen LogP contribution < -0.4 is 10.1 Å². The number of methoxy groups -OCH3 is 1. The number of amides is 1. The lowest BCUT2D eigenvalue weighted by Gasteiger charge is -2.30. The van der Waals surface area contributed by atoms with Crippen LogP contribution in [-0.4, -0.2) is 55.7 Å². The maximum absolute atomic E-state index is 13.5. The van der Waals surface area contributed by atoms with Crippen LogP contribution in [0.1, 0.15) is 54.8 Å². The fourth-order valence-electron chi connectivity index (χ4n) is 4.73. The molecule has 1 aromatic heterocycles. The van der Waals surface area contributed by atoms with Gasteiger partial charge < -0.3 is 15.2 Å². The summed E-state index contributed by atoms with van der Waals surface area (Å²) in [7, 11) is 0.102. The van der Waals surface area contributed by atoms with Crippen molar-refractivity contribution in [1.29, 1.82) is 0 Å². The van der Waals surface area contributed by atoms with Crippen LogP contribution in [-0.2, 0) is 17.5 Å². The van der Waals surface area contributed by atoms with Crippen LogP contribution in [0, 0.1) is 0 Å². The number of pyridine rings is 1. The van der Waals surface area contributed by atoms with E-state index >= 15 is 0 Å². The summed E-state index contributed by atoms with van der Waals surface area (Å²) in [5, 5.41) is 11.8. The van der Waals surface area contributed by atoms with Crippen LogP contribution >= 0.6 is 0 Å². The normalized spacial score (nSPS) is 16.4. The van der Waals surface area contributed by atoms with Crippen molar-refractivity contribution < 1.29 is 32.0 Å². The zero-order chi connectivity index (χ0) is 29.2. The van der Waals surface area contributed by atoms with Crippen molar-refractivity contribution in [3.05, 3.63) is 71.4 Å². The van der Waals surface area contributed by atoms with Gasteiger partial charge in [0.05, 0.1) is 23.6 Å². The van der Waals surface area contributed by atoms with E-state index in [1.807, 2.05) is 74.6 Å². The first-order valence-electron chi connectivity index (χ1n) is 12.8. The Balaban J connectivity index is 1.87. The minimum absolute atomic E-state index is 0.170. The smallest absolute Gasteiger partial charge is 0.405 e. The molecule has 3 aromatic rings. The monoisotopic (exact) mass is 575 g/mol. The highest BCUT2D eigenvalue weighted by atomic mass is 32.2. The van der Waals surface area contributed by atoms with Gasteiger partial charge >= 0.3 is 6.18 Å². The third-order valence-corrected chi connectivity index (χ3v) is 8.37. The van der Waals surface area contributed by atoms with E-state index < -0.39 is 40.4 Å². The Kier molecular flexibility index (Phi) is 8.67. The Morgan fingerprint density at radius 2 is 1.75 bits per heavy atom. The predicted molar refractivity (Wildman–Crippen MR) is 148 cm³/mol. The van der Waals surface area contributed by atoms with E-state index in [0.29, 0.717) is 28.1 Å². The van der Waals surface area contributed by atoms with Gasteiger partial charge in [0.1, 0.15) is 29.0 Å². The number of carbonyl (C=O) groups is 1. The lowest BCUT2D eigenvalue weighted by Crippen LogP contribution is -2.36. The summed E-state index contributed by atoms with van der Waals surface area (Å²) < 4.78 is 58.5. The molecule has 2 atom stereocenters. The van der Waals surface area contributed by atoms with Crippen LogP contribution in [0.3, 0.4) is 0 Å². The molecule has 0 saturated heterocycles. The molecule has 40 heavy (non-hydrogen) atoms. The van der Waals surface area contributed by atoms with Crippen LogP contribution in [0.5, 0.6) is 5.75 Å². The number of halogens is 3. The van der Waals surface area contributed by atoms with E-state index in [1.165, 1.54) is 6.07 Å². The summed E-state index contributed by atoms with van der Waals surface area (Å²) in [5.41, 5.74) is 3.90. The third kappa shape index (κ3) is 6.54. The average molecular weight is 576 g/mol. The number of rotatable bonds is 8. The molecule has 214 valence electrons. The largest absolute Gasteiger partial charge is 0.497 e. The van der Waals surface area contributed by atoms with E-state index in [0.717, 1.165) is 11.1 Å². The van der Waals surface area contributed by atoms with Gasteiger partial charge in [0.2, 0.25) is 0 Å². The first-order chi connectivity index (χ1) is 18.8. The van der Waals surface area contributed by atoms with Gasteiger partial charge in [-0.3, -0.25) is 4.79 Å². The minimum Gasteiger partial charge on any atom is -0.497 e. The van der Waals surface area contributed by atoms with Gasteiger partial charge in [-0.15, -0.1) is 0 Å². The van der Waals surface area contributed by atoms with E-state index in [4.69, 9.17) is 4.74 Å². The van der Waals surface area contributed by atoms with E-state index in [-0.39, 0.29) is 25.3 Å². The molecule has 2 heterocycles. The van der Waals surface area contributed by atoms with Gasteiger partial charge in [0.15, 0.2) is 0 Å². The Morgan fingerprint density at radius 1 is 1.10 bits per heavy atom. The second kappa shape index (κ2) is 11.7. The summed E-state index contributed by atoms with van der Waals surface area (Å²) in [4.78, 5) is 17.4. The average Bonchev–Trinajstić information content (AvgIpc) is 3.28. The first-order valence-corrected chi connectivity index (χ1v) is 13.9. The Labute approximate surface area is 234 Å². The molecule has 1 aliphatic heterocycles. The van der Waals surface area contributed by atoms with Gasteiger partial charge in [-0.25, -0.2) is 13.5 Å². The summed E-state index contributed by atoms with van der Waals surface area (Å²) >= 11 is 0. The number of aromatic nitrogens is 1. The lowest BCUT2D eigenvalue weighted by molar-refractivity contribution is -0.123. The molecule has 4 rings (SSSR count). The number of ether oxygens (including phenoxy) is 1. The van der Waals surface area contributed by atoms with Crippen molar-refractivity contribution in [3.8, 4) is 28.1 Å². The maximum atomic E-state index is 13.5. The van der Waals surface area contributed by atoms with Crippen LogP contribution in [0.15, 0.2) is 54.6 Å². The highest BCUT2D eigenvalue weighted by molar-refractivity contribution is 7.84. The molecule has 2 aromatic carbocycles. The number of fused-ring (bicyclic) bond motifs is 1. The van der Waals surface area contributed by atoms with Crippen LogP contribution in [0.2, 0.25) is 0 Å². The van der Waals surface area contributed by atoms with Gasteiger partial charge in [-0.05, 0) is 68.1 Å². The summed E-state index contributed by atoms with van der Waals surface area (Å²) in [5.74, 6) is -0.284. The van der Waals surface area contributed by atoms with Crippen molar-refractivity contribution in [3.63, 3.8) is 0 Å². The topological polar surface area (TPSA) is 91.8 Å². The lowest BCUT2D eigenvalue weighted by atomic mass is 9.94. The molecular weight excluding hydrogens is 543 g/mol. The number of carbonyl (C=O) groups excluding carboxylic acids is 1. The molecule has 2 N–H and O–H groups in total. The van der Waals surface area contributed by atoms with Crippen LogP contribution in [0.25, 0.3) is 22.4 Å². The molecular formula is C29H32F3N3O4S. The number of nitrogens with one attached hydrogen (secondary N) is 1. The van der Waals surface area contributed by atoms with Crippen molar-refractivity contribution in [2.75, 3.05) is 20.3 Å². The fourth-order valence-corrected chi connectivity index (χ4v) is 6.13. The highest BCUT2D eigenvalue weighted by Gasteiger charge is 2.40. The Bertz CT molecular complexity index is 1420. The van der Waals surface area contributed by atoms with Crippen molar-refractivity contribution in [1.82, 2.24) is 14.6 Å². The molecule has 0 unspecified atom stereocenters. The third-order valence-electron chi connectivity index (χ3n) is 6.51. The number of aliphatic hydroxyl groups excluding tert-OH is 1. The van der Waals surface area contributed by atoms with E-state index in [1.54, 1.807) is 11.4 Å². The standard InChI is InChI=1S/C29H32F3N3O4S/c1-28(2,3)40(38)35-16-21-15-23(27(37)33-17-29(30,31)32)34-26(25(21)24(35)11-12-36)20-9-5-7-18(13-20)19-8-6-10-22(14-19)39-4/h5-10,13-15,24,36H,11-12,16-17H2,1-4H3,(H,33,37)/t24-,40-/m1/s1. The van der Waals surface area contributed by atoms with Gasteiger partial charge in [0, 0.05) is 24.3 Å². The number of hydrogen-bond acceptors (Lipinski definition) is 5. The molecule has 1 amide bonds. The van der Waals surface area contributed by atoms with Crippen molar-refractivity contribution >= 4 is 16.9 Å². The summed E-state index contributed by atoms with van der Waals surface area (Å²) in [6.45, 7) is 4.05. The summed E-state index contributed by atoms with van der Waals surface area (Å²) in [6.07, 6.45) is -4.31. The molecule has 0 spiro atoms. The molecule has 0 saturated carbocycles. The minimum atomic E-state index is -4.58. The molecule has 7 nitrogen and oxygen atoms in total. The molecule has 0 bridgehead atoms. The molecule has 0 radical (unpaired) electrons. The SMILES string of the molecule is COc1cccc(-c2cccc(-c3nc(C(=O)NCC(F)(F)F)cc4c3[C@@H](CCO)N([S@](=O)C(C)(C)C)C4)c2)c1. The van der Waals surface area contributed by atoms with E-state index in [9.17, 15) is 27.3 Å². The zero-order valence-electron chi connectivity index (χ0n) is 22.7. The quantitative estimate of drug-likeness (QED) is 0.375. The van der Waals surface area contributed by atoms with Crippen molar-refractivity contribution in [2.45, 2.75) is 50.7 Å². The van der Waals surface area contributed by atoms with Gasteiger partial charge in [0.25, 0.3) is 5.91 Å². The molecule has 0 fully saturated rings. The van der Waals surface area contributed by atoms with E-state index in [2.05, 4.69) is 4.98 Å². The Hall–Kier alpha value is -3.28. The highest BCUT2D eigenvalue weighted by Crippen LogP contribution is 2.44. The van der Waals surface area contributed by atoms with Gasteiger partial charge in [-0.2, -0.15) is 13.2 Å². The predicted octanol–water partition coefficient (Wildman–Crippen LogP) is 5.42. The number of alkyl halides is 3. The first kappa shape index (κ1) is 29.7. The number of benzene rings is 2.